The number of carbonyl (C=O) groups is 2. The van der Waals surface area contributed by atoms with Crippen LogP contribution >= 0.6 is 0 Å². The van der Waals surface area contributed by atoms with Crippen LogP contribution in [0.25, 0.3) is 0 Å². The molecule has 0 radical (unpaired) electrons. The molecule has 0 saturated carbocycles. The number of pyridine rings is 1. The third-order valence-electron chi connectivity index (χ3n) is 3.67. The van der Waals surface area contributed by atoms with Gasteiger partial charge in [-0.25, -0.2) is 4.79 Å². The Kier molecular flexibility index (Phi) is 6.47. The molecular weight excluding hydrogens is 302 g/mol. The number of aromatic hydroxyl groups is 1. The van der Waals surface area contributed by atoms with E-state index in [1.165, 1.54) is 18.3 Å². The lowest BCUT2D eigenvalue weighted by atomic mass is 9.92. The zero-order chi connectivity index (χ0) is 17.7. The van der Waals surface area contributed by atoms with E-state index in [-0.39, 0.29) is 17.4 Å². The maximum Gasteiger partial charge on any atom is 0.326 e. The van der Waals surface area contributed by atoms with Crippen molar-refractivity contribution < 1.29 is 24.9 Å². The second kappa shape index (κ2) is 7.89. The summed E-state index contributed by atoms with van der Waals surface area (Å²) < 4.78 is 0. The van der Waals surface area contributed by atoms with Crippen LogP contribution in [0.15, 0.2) is 18.3 Å². The molecule has 0 bridgehead atoms. The van der Waals surface area contributed by atoms with Crippen LogP contribution in [0.1, 0.15) is 32.6 Å². The molecule has 4 atom stereocenters. The van der Waals surface area contributed by atoms with Gasteiger partial charge in [0.1, 0.15) is 17.9 Å². The largest absolute Gasteiger partial charge is 0.506 e. The van der Waals surface area contributed by atoms with E-state index in [0.29, 0.717) is 0 Å². The highest BCUT2D eigenvalue weighted by molar-refractivity contribution is 5.87. The van der Waals surface area contributed by atoms with Gasteiger partial charge in [-0.05, 0) is 18.1 Å². The Morgan fingerprint density at radius 2 is 1.87 bits per heavy atom. The van der Waals surface area contributed by atoms with Gasteiger partial charge in [-0.15, -0.1) is 0 Å². The summed E-state index contributed by atoms with van der Waals surface area (Å²) in [6.45, 7) is 4.90. The number of aliphatic carboxylic acids is 1. The Labute approximate surface area is 134 Å². The Morgan fingerprint density at radius 3 is 2.30 bits per heavy atom. The fraction of sp³-hybridized carbons (Fsp3) is 0.533. The topological polar surface area (TPSA) is 146 Å². The molecule has 1 rings (SSSR count). The molecule has 1 aromatic heterocycles. The molecule has 4 unspecified atom stereocenters. The molecule has 0 aliphatic rings. The van der Waals surface area contributed by atoms with Crippen molar-refractivity contribution in [3.05, 3.63) is 24.0 Å². The number of carbonyl (C=O) groups excluding carboxylic acids is 1. The molecule has 8 nitrogen and oxygen atoms in total. The van der Waals surface area contributed by atoms with Gasteiger partial charge in [-0.2, -0.15) is 0 Å². The monoisotopic (exact) mass is 325 g/mol. The van der Waals surface area contributed by atoms with Crippen LogP contribution in [0.5, 0.6) is 5.75 Å². The number of hydrogen-bond donors (Lipinski definition) is 5. The van der Waals surface area contributed by atoms with Gasteiger partial charge in [0.2, 0.25) is 5.91 Å². The van der Waals surface area contributed by atoms with Gasteiger partial charge in [0.05, 0.1) is 17.9 Å². The molecule has 8 heteroatoms. The number of aliphatic hydroxyl groups excluding tert-OH is 1. The Bertz CT molecular complexity index is 547. The molecule has 0 saturated heterocycles. The van der Waals surface area contributed by atoms with Gasteiger partial charge in [0.15, 0.2) is 0 Å². The van der Waals surface area contributed by atoms with Gasteiger partial charge < -0.3 is 26.4 Å². The summed E-state index contributed by atoms with van der Waals surface area (Å²) >= 11 is 0. The number of rotatable bonds is 7. The minimum atomic E-state index is -1.14. The quantitative estimate of drug-likeness (QED) is 0.474. The minimum Gasteiger partial charge on any atom is -0.506 e. The lowest BCUT2D eigenvalue weighted by Gasteiger charge is -2.26. The molecule has 0 fully saturated rings. The fourth-order valence-corrected chi connectivity index (χ4v) is 2.04. The van der Waals surface area contributed by atoms with Crippen LogP contribution in [-0.2, 0) is 9.59 Å². The number of carboxylic acids is 1. The highest BCUT2D eigenvalue weighted by Crippen LogP contribution is 2.23. The van der Waals surface area contributed by atoms with Crippen molar-refractivity contribution in [1.82, 2.24) is 10.3 Å². The number of nitrogens with two attached hydrogens (primary N) is 1. The number of hydrogen-bond acceptors (Lipinski definition) is 6. The third-order valence-corrected chi connectivity index (χ3v) is 3.67. The van der Waals surface area contributed by atoms with Crippen molar-refractivity contribution in [2.75, 3.05) is 0 Å². The van der Waals surface area contributed by atoms with Crippen LogP contribution < -0.4 is 11.1 Å². The molecule has 23 heavy (non-hydrogen) atoms. The van der Waals surface area contributed by atoms with E-state index in [2.05, 4.69) is 10.3 Å². The highest BCUT2D eigenvalue weighted by atomic mass is 16.4. The van der Waals surface area contributed by atoms with Crippen molar-refractivity contribution in [1.29, 1.82) is 0 Å². The normalized spacial score (nSPS) is 16.4. The van der Waals surface area contributed by atoms with E-state index >= 15 is 0 Å². The van der Waals surface area contributed by atoms with Gasteiger partial charge in [-0.3, -0.25) is 9.78 Å². The number of nitrogens with zero attached hydrogens (tertiary/aromatic N) is 1. The standard InChI is InChI=1S/C15H23N3O5/c1-7(2)12(15(22)23)18-14(21)11(16)8(3)13(20)10-5-4-9(19)6-17-10/h4-8,11-13,19-20H,16H2,1-3H3,(H,18,21)(H,22,23). The van der Waals surface area contributed by atoms with Crippen LogP contribution in [0, 0.1) is 11.8 Å². The summed E-state index contributed by atoms with van der Waals surface area (Å²) in [5.41, 5.74) is 6.10. The predicted molar refractivity (Wildman–Crippen MR) is 82.4 cm³/mol. The lowest BCUT2D eigenvalue weighted by Crippen LogP contribution is -2.53. The summed E-state index contributed by atoms with van der Waals surface area (Å²) in [5, 5.41) is 30.9. The highest BCUT2D eigenvalue weighted by Gasteiger charge is 2.32. The third kappa shape index (κ3) is 4.90. The van der Waals surface area contributed by atoms with Gasteiger partial charge in [0.25, 0.3) is 0 Å². The Hall–Kier alpha value is -2.19. The lowest BCUT2D eigenvalue weighted by molar-refractivity contribution is -0.143. The number of amides is 1. The average Bonchev–Trinajstić information content (AvgIpc) is 2.50. The van der Waals surface area contributed by atoms with Gasteiger partial charge >= 0.3 is 5.97 Å². The molecule has 1 aromatic rings. The average molecular weight is 325 g/mol. The smallest absolute Gasteiger partial charge is 0.326 e. The summed E-state index contributed by atoms with van der Waals surface area (Å²) in [6.07, 6.45) is 0.0505. The predicted octanol–water partition coefficient (Wildman–Crippen LogP) is 0.00940. The van der Waals surface area contributed by atoms with E-state index in [4.69, 9.17) is 10.8 Å². The number of aliphatic hydroxyl groups is 1. The Morgan fingerprint density at radius 1 is 1.26 bits per heavy atom. The van der Waals surface area contributed by atoms with Gasteiger partial charge in [0, 0.05) is 5.92 Å². The van der Waals surface area contributed by atoms with E-state index in [0.717, 1.165) is 0 Å². The molecule has 0 aromatic carbocycles. The van der Waals surface area contributed by atoms with Crippen molar-refractivity contribution in [3.8, 4) is 5.75 Å². The molecule has 0 aliphatic carbocycles. The van der Waals surface area contributed by atoms with Crippen LogP contribution in [-0.4, -0.2) is 44.3 Å². The van der Waals surface area contributed by atoms with Gasteiger partial charge in [-0.1, -0.05) is 20.8 Å². The summed E-state index contributed by atoms with van der Waals surface area (Å²) in [4.78, 5) is 27.1. The molecule has 0 aliphatic heterocycles. The zero-order valence-corrected chi connectivity index (χ0v) is 13.3. The second-order valence-corrected chi connectivity index (χ2v) is 5.84. The van der Waals surface area contributed by atoms with Crippen LogP contribution in [0.2, 0.25) is 0 Å². The van der Waals surface area contributed by atoms with Crippen molar-refractivity contribution in [2.45, 2.75) is 39.0 Å². The first kappa shape index (κ1) is 18.9. The first-order valence-corrected chi connectivity index (χ1v) is 7.26. The Balaban J connectivity index is 2.78. The number of aromatic nitrogens is 1. The van der Waals surface area contributed by atoms with Crippen molar-refractivity contribution in [3.63, 3.8) is 0 Å². The second-order valence-electron chi connectivity index (χ2n) is 5.84. The molecule has 6 N–H and O–H groups in total. The van der Waals surface area contributed by atoms with E-state index in [1.54, 1.807) is 20.8 Å². The molecule has 0 spiro atoms. The summed E-state index contributed by atoms with van der Waals surface area (Å²) in [7, 11) is 0. The van der Waals surface area contributed by atoms with Crippen molar-refractivity contribution >= 4 is 11.9 Å². The fourth-order valence-electron chi connectivity index (χ4n) is 2.04. The summed E-state index contributed by atoms with van der Waals surface area (Å²) in [5.74, 6) is -2.85. The molecular formula is C15H23N3O5. The van der Waals surface area contributed by atoms with Crippen molar-refractivity contribution in [2.24, 2.45) is 17.6 Å². The maximum absolute atomic E-state index is 12.1. The maximum atomic E-state index is 12.1. The first-order valence-electron chi connectivity index (χ1n) is 7.26. The molecule has 1 amide bonds. The molecule has 1 heterocycles. The van der Waals surface area contributed by atoms with E-state index < -0.39 is 36.0 Å². The van der Waals surface area contributed by atoms with Crippen LogP contribution in [0.4, 0.5) is 0 Å². The van der Waals surface area contributed by atoms with E-state index in [1.807, 2.05) is 0 Å². The summed E-state index contributed by atoms with van der Waals surface area (Å²) in [6, 6.07) is 0.629. The number of carboxylic acid groups (broad SMARTS) is 1. The minimum absolute atomic E-state index is 0.0446. The molecule has 128 valence electrons. The first-order chi connectivity index (χ1) is 10.6. The number of nitrogens with one attached hydrogen (secondary N) is 1. The SMILES string of the molecule is CC(C)C(NC(=O)C(N)C(C)C(O)c1ccc(O)cn1)C(=O)O. The zero-order valence-electron chi connectivity index (χ0n) is 13.3. The van der Waals surface area contributed by atoms with Crippen LogP contribution in [0.3, 0.4) is 0 Å². The van der Waals surface area contributed by atoms with E-state index in [9.17, 15) is 19.8 Å².